The molecule has 1 aliphatic heterocycles. The quantitative estimate of drug-likeness (QED) is 0.598. The van der Waals surface area contributed by atoms with E-state index in [0.29, 0.717) is 6.37 Å². The average molecular weight is 360 g/mol. The predicted molar refractivity (Wildman–Crippen MR) is 64.5 cm³/mol. The van der Waals surface area contributed by atoms with E-state index in [1.54, 1.807) is 0 Å². The minimum atomic E-state index is 0.670. The maximum Gasteiger partial charge on any atom is 0.152 e. The van der Waals surface area contributed by atoms with Gasteiger partial charge in [0.1, 0.15) is 4.60 Å². The van der Waals surface area contributed by atoms with Crippen LogP contribution < -0.4 is 4.90 Å². The first kappa shape index (κ1) is 9.21. The fourth-order valence-electron chi connectivity index (χ4n) is 1.11. The van der Waals surface area contributed by atoms with E-state index in [1.807, 2.05) is 4.45 Å². The van der Waals surface area contributed by atoms with E-state index in [1.165, 1.54) is 6.42 Å². The molecule has 1 aromatic rings. The molecule has 6 heteroatoms. The first-order chi connectivity index (χ1) is 5.81. The van der Waals surface area contributed by atoms with Gasteiger partial charge in [0.15, 0.2) is 5.82 Å². The Hall–Kier alpha value is 0.650. The maximum absolute atomic E-state index is 4.45. The van der Waals surface area contributed by atoms with Crippen LogP contribution >= 0.6 is 44.3 Å². The highest BCUT2D eigenvalue weighted by Crippen LogP contribution is 2.32. The Labute approximate surface area is 94.3 Å². The number of nitrogens with zero attached hydrogens (tertiary/aromatic N) is 3. The number of aromatic nitrogens is 2. The van der Waals surface area contributed by atoms with Crippen molar-refractivity contribution in [3.8, 4) is 0 Å². The van der Waals surface area contributed by atoms with Crippen LogP contribution in [0.3, 0.4) is 0 Å². The lowest BCUT2D eigenvalue weighted by atomic mass is 10.2. The van der Waals surface area contributed by atoms with E-state index >= 15 is 0 Å². The second-order valence-electron chi connectivity index (χ2n) is 2.66. The summed E-state index contributed by atoms with van der Waals surface area (Å²) in [4.78, 5) is 2.29. The van der Waals surface area contributed by atoms with Gasteiger partial charge in [0, 0.05) is 19.2 Å². The van der Waals surface area contributed by atoms with Crippen LogP contribution in [0.5, 0.6) is 0 Å². The van der Waals surface area contributed by atoms with E-state index in [-0.39, 0.29) is 0 Å². The summed E-state index contributed by atoms with van der Waals surface area (Å²) in [5, 5.41) is 4.45. The zero-order valence-corrected chi connectivity index (χ0v) is 11.0. The summed E-state index contributed by atoms with van der Waals surface area (Å²) in [6, 6.07) is 2.09. The molecule has 1 aliphatic rings. The van der Waals surface area contributed by atoms with Crippen molar-refractivity contribution >= 4 is 50.2 Å². The van der Waals surface area contributed by atoms with Gasteiger partial charge in [-0.1, -0.05) is 0 Å². The largest absolute Gasteiger partial charge is 0.355 e. The van der Waals surface area contributed by atoms with Gasteiger partial charge in [0.05, 0.1) is 6.37 Å². The molecule has 1 fully saturated rings. The Bertz CT molecular complexity index is 286. The minimum absolute atomic E-state index is 0.670. The molecule has 1 aromatic heterocycles. The molecule has 0 spiro atoms. The van der Waals surface area contributed by atoms with E-state index < -0.39 is 0 Å². The van der Waals surface area contributed by atoms with Crippen LogP contribution in [-0.4, -0.2) is 22.6 Å². The van der Waals surface area contributed by atoms with Crippen LogP contribution in [0.15, 0.2) is 10.7 Å². The van der Waals surface area contributed by atoms with Gasteiger partial charge in [0.2, 0.25) is 0 Å². The van der Waals surface area contributed by atoms with Crippen molar-refractivity contribution in [2.45, 2.75) is 6.42 Å². The molecule has 0 bridgehead atoms. The number of hydrogen-bond acceptors (Lipinski definition) is 2. The smallest absolute Gasteiger partial charge is 0.152 e. The van der Waals surface area contributed by atoms with Gasteiger partial charge in [-0.15, -0.1) is 0 Å². The van der Waals surface area contributed by atoms with Crippen molar-refractivity contribution in [3.63, 3.8) is 0 Å². The summed E-state index contributed by atoms with van der Waals surface area (Å²) in [6.07, 6.45) is 1.97. The van der Waals surface area contributed by atoms with Crippen molar-refractivity contribution in [3.05, 3.63) is 10.7 Å². The van der Waals surface area contributed by atoms with Gasteiger partial charge >= 0.3 is 0 Å². The average Bonchev–Trinajstić information content (AvgIpc) is 2.27. The topological polar surface area (TPSA) is 21.1 Å². The van der Waals surface area contributed by atoms with Gasteiger partial charge < -0.3 is 4.90 Å². The minimum Gasteiger partial charge on any atom is -0.355 e. The molecule has 0 saturated carbocycles. The van der Waals surface area contributed by atoms with Crippen molar-refractivity contribution in [2.75, 3.05) is 18.0 Å². The first-order valence-corrected chi connectivity index (χ1v) is 8.54. The predicted octanol–water partition coefficient (Wildman–Crippen LogP) is 2.65. The Balaban J connectivity index is 2.21. The highest BCUT2D eigenvalue weighted by atomic mass is 127. The molecule has 2 heterocycles. The normalized spacial score (nSPS) is 17.3. The van der Waals surface area contributed by atoms with E-state index in [4.69, 9.17) is 0 Å². The molecule has 1 unspecified atom stereocenters. The van der Waals surface area contributed by atoms with Crippen LogP contribution in [0, 0.1) is 0 Å². The number of halogens is 2. The number of hydrogen-bond donors (Lipinski definition) is 0. The molecule has 0 radical (unpaired) electrons. The van der Waals surface area contributed by atoms with E-state index in [0.717, 1.165) is 23.5 Å². The molecule has 66 valence electrons. The second-order valence-corrected chi connectivity index (χ2v) is 5.51. The molecule has 1 atom stereocenters. The van der Waals surface area contributed by atoms with Gasteiger partial charge in [-0.25, -0.2) is 4.45 Å². The zero-order valence-electron chi connectivity index (χ0n) is 6.30. The zero-order chi connectivity index (χ0) is 8.55. The van der Waals surface area contributed by atoms with Crippen molar-refractivity contribution in [1.82, 2.24) is 9.55 Å². The van der Waals surface area contributed by atoms with Crippen molar-refractivity contribution in [1.29, 1.82) is 0 Å². The standard InChI is InChI=1S/C6H8BrIN3P/c7-5-4-6(9-11(5)12-8)10-2-1-3-10/h4,12H,1-3H2. The lowest BCUT2D eigenvalue weighted by Crippen LogP contribution is -2.37. The highest BCUT2D eigenvalue weighted by Gasteiger charge is 2.18. The van der Waals surface area contributed by atoms with Gasteiger partial charge in [-0.05, 0) is 44.4 Å². The van der Waals surface area contributed by atoms with Crippen LogP contribution in [0.2, 0.25) is 0 Å². The SMILES string of the molecule is Brc1cc(N2CCC2)nn1PI. The number of anilines is 1. The van der Waals surface area contributed by atoms with Crippen LogP contribution in [-0.2, 0) is 0 Å². The molecule has 12 heavy (non-hydrogen) atoms. The van der Waals surface area contributed by atoms with Gasteiger partial charge in [0.25, 0.3) is 0 Å². The molecule has 0 aliphatic carbocycles. The summed E-state index contributed by atoms with van der Waals surface area (Å²) in [6.45, 7) is 2.32. The van der Waals surface area contributed by atoms with Crippen molar-refractivity contribution < 1.29 is 0 Å². The molecular weight excluding hydrogens is 352 g/mol. The first-order valence-electron chi connectivity index (χ1n) is 3.68. The maximum atomic E-state index is 4.45. The fourth-order valence-corrected chi connectivity index (χ4v) is 4.04. The molecule has 0 aromatic carbocycles. The van der Waals surface area contributed by atoms with E-state index in [9.17, 15) is 0 Å². The third-order valence-corrected chi connectivity index (χ3v) is 4.68. The molecule has 1 saturated heterocycles. The van der Waals surface area contributed by atoms with Crippen LogP contribution in [0.1, 0.15) is 6.42 Å². The molecule has 2 rings (SSSR count). The van der Waals surface area contributed by atoms with Gasteiger partial charge in [-0.2, -0.15) is 5.10 Å². The van der Waals surface area contributed by atoms with Crippen LogP contribution in [0.4, 0.5) is 5.82 Å². The second kappa shape index (κ2) is 3.80. The Kier molecular flexibility index (Phi) is 2.92. The van der Waals surface area contributed by atoms with Crippen LogP contribution in [0.25, 0.3) is 0 Å². The van der Waals surface area contributed by atoms with Gasteiger partial charge in [-0.3, -0.25) is 0 Å². The Morgan fingerprint density at radius 2 is 2.33 bits per heavy atom. The Morgan fingerprint density at radius 1 is 1.58 bits per heavy atom. The summed E-state index contributed by atoms with van der Waals surface area (Å²) in [5.41, 5.74) is 0. The Morgan fingerprint density at radius 3 is 2.75 bits per heavy atom. The highest BCUT2D eigenvalue weighted by molar-refractivity contribution is 14.2. The van der Waals surface area contributed by atoms with Crippen molar-refractivity contribution in [2.24, 2.45) is 0 Å². The summed E-state index contributed by atoms with van der Waals surface area (Å²) in [7, 11) is 0. The summed E-state index contributed by atoms with van der Waals surface area (Å²) < 4.78 is 3.06. The van der Waals surface area contributed by atoms with E-state index in [2.05, 4.69) is 54.0 Å². The molecule has 0 N–H and O–H groups in total. The third-order valence-electron chi connectivity index (χ3n) is 1.91. The summed E-state index contributed by atoms with van der Waals surface area (Å²) >= 11 is 5.80. The number of rotatable bonds is 2. The third kappa shape index (κ3) is 1.63. The lowest BCUT2D eigenvalue weighted by Gasteiger charge is -2.30. The molecule has 0 amide bonds. The monoisotopic (exact) mass is 359 g/mol. The summed E-state index contributed by atoms with van der Waals surface area (Å²) in [5.74, 6) is 1.11. The fraction of sp³-hybridized carbons (Fsp3) is 0.500. The molecule has 3 nitrogen and oxygen atoms in total. The lowest BCUT2D eigenvalue weighted by molar-refractivity contribution is 0.608. The molecular formula is C6H8BrIN3P.